The number of rotatable bonds is 7. The zero-order valence-corrected chi connectivity index (χ0v) is 15.4. The Morgan fingerprint density at radius 3 is 2.25 bits per heavy atom. The van der Waals surface area contributed by atoms with Crippen molar-refractivity contribution in [1.82, 2.24) is 10.0 Å². The number of sulfonamides is 1. The van der Waals surface area contributed by atoms with Gasteiger partial charge in [0.05, 0.1) is 21.7 Å². The summed E-state index contributed by atoms with van der Waals surface area (Å²) in [6.07, 6.45) is -4.49. The second-order valence-corrected chi connectivity index (χ2v) is 7.45. The van der Waals surface area contributed by atoms with Crippen molar-refractivity contribution in [2.75, 3.05) is 25.6 Å². The first-order valence-corrected chi connectivity index (χ1v) is 9.43. The number of hydrogen-bond acceptors (Lipinski definition) is 4. The first-order valence-electron chi connectivity index (χ1n) is 7.94. The molecule has 2 aromatic rings. The molecule has 0 heterocycles. The van der Waals surface area contributed by atoms with E-state index in [-0.39, 0.29) is 28.4 Å². The van der Waals surface area contributed by atoms with Gasteiger partial charge in [0.2, 0.25) is 10.0 Å². The molecule has 0 aliphatic heterocycles. The van der Waals surface area contributed by atoms with Gasteiger partial charge in [-0.1, -0.05) is 0 Å². The highest BCUT2D eigenvalue weighted by molar-refractivity contribution is 7.89. The lowest BCUT2D eigenvalue weighted by molar-refractivity contribution is -0.137. The summed E-state index contributed by atoms with van der Waals surface area (Å²) in [5.74, 6) is -0.736. The molecule has 6 nitrogen and oxygen atoms in total. The Morgan fingerprint density at radius 1 is 1.07 bits per heavy atom. The lowest BCUT2D eigenvalue weighted by Gasteiger charge is -2.14. The van der Waals surface area contributed by atoms with Crippen molar-refractivity contribution in [2.24, 2.45) is 0 Å². The molecule has 2 rings (SSSR count). The topological polar surface area (TPSA) is 87.3 Å². The van der Waals surface area contributed by atoms with Gasteiger partial charge in [-0.15, -0.1) is 0 Å². The molecule has 28 heavy (non-hydrogen) atoms. The highest BCUT2D eigenvalue weighted by Gasteiger charge is 2.30. The van der Waals surface area contributed by atoms with E-state index in [9.17, 15) is 30.8 Å². The summed E-state index contributed by atoms with van der Waals surface area (Å²) in [7, 11) is -2.64. The Morgan fingerprint density at radius 2 is 1.71 bits per heavy atom. The molecule has 1 amide bonds. The summed E-state index contributed by atoms with van der Waals surface area (Å²) in [5.41, 5.74) is -0.554. The Labute approximate surface area is 159 Å². The molecule has 3 N–H and O–H groups in total. The molecule has 0 unspecified atom stereocenters. The summed E-state index contributed by atoms with van der Waals surface area (Å²) in [5, 5.41) is 5.05. The Hall–Kier alpha value is -2.66. The fourth-order valence-corrected chi connectivity index (χ4v) is 3.02. The van der Waals surface area contributed by atoms with Crippen molar-refractivity contribution in [3.63, 3.8) is 0 Å². The number of benzene rings is 2. The second-order valence-electron chi connectivity index (χ2n) is 5.56. The summed E-state index contributed by atoms with van der Waals surface area (Å²) < 4.78 is 76.4. The number of carbonyl (C=O) groups is 1. The third kappa shape index (κ3) is 5.20. The minimum absolute atomic E-state index is 0.107. The average Bonchev–Trinajstić information content (AvgIpc) is 2.66. The maximum Gasteiger partial charge on any atom is 0.416 e. The highest BCUT2D eigenvalue weighted by Crippen LogP contribution is 2.31. The zero-order chi connectivity index (χ0) is 20.9. The lowest BCUT2D eigenvalue weighted by atomic mass is 10.1. The molecule has 0 aromatic heterocycles. The van der Waals surface area contributed by atoms with Crippen molar-refractivity contribution in [3.05, 3.63) is 53.6 Å². The van der Waals surface area contributed by atoms with Gasteiger partial charge in [-0.2, -0.15) is 13.2 Å². The van der Waals surface area contributed by atoms with Crippen LogP contribution in [-0.2, 0) is 16.2 Å². The van der Waals surface area contributed by atoms with Crippen LogP contribution in [0.1, 0.15) is 15.9 Å². The van der Waals surface area contributed by atoms with Crippen LogP contribution in [0.5, 0.6) is 0 Å². The number of anilines is 2. The predicted molar refractivity (Wildman–Crippen MR) is 95.7 cm³/mol. The highest BCUT2D eigenvalue weighted by atomic mass is 32.2. The largest absolute Gasteiger partial charge is 0.416 e. The number of amides is 1. The molecule has 0 saturated carbocycles. The number of alkyl halides is 4. The van der Waals surface area contributed by atoms with E-state index in [2.05, 4.69) is 15.4 Å². The van der Waals surface area contributed by atoms with Gasteiger partial charge in [0.15, 0.2) is 0 Å². The molecular formula is C17H17F4N3O3S. The van der Waals surface area contributed by atoms with Crippen LogP contribution in [0.3, 0.4) is 0 Å². The predicted octanol–water partition coefficient (Wildman–Crippen LogP) is 3.06. The van der Waals surface area contributed by atoms with Crippen LogP contribution in [0.2, 0.25) is 0 Å². The van der Waals surface area contributed by atoms with Gasteiger partial charge in [0.1, 0.15) is 6.67 Å². The van der Waals surface area contributed by atoms with Crippen LogP contribution in [0, 0.1) is 0 Å². The molecule has 152 valence electrons. The Bertz CT molecular complexity index is 945. The fourth-order valence-electron chi connectivity index (χ4n) is 2.26. The summed E-state index contributed by atoms with van der Waals surface area (Å²) in [4.78, 5) is 12.1. The molecule has 0 aliphatic carbocycles. The maximum atomic E-state index is 12.7. The van der Waals surface area contributed by atoms with E-state index in [0.29, 0.717) is 0 Å². The fraction of sp³-hybridized carbons (Fsp3) is 0.235. The molecule has 0 saturated heterocycles. The van der Waals surface area contributed by atoms with E-state index >= 15 is 0 Å². The Kier molecular flexibility index (Phi) is 6.62. The summed E-state index contributed by atoms with van der Waals surface area (Å²) in [6.45, 7) is -1.09. The van der Waals surface area contributed by atoms with E-state index in [4.69, 9.17) is 0 Å². The van der Waals surface area contributed by atoms with Crippen LogP contribution in [0.4, 0.5) is 28.9 Å². The maximum absolute atomic E-state index is 12.7. The molecule has 0 spiro atoms. The monoisotopic (exact) mass is 419 g/mol. The molecule has 11 heteroatoms. The van der Waals surface area contributed by atoms with Crippen molar-refractivity contribution in [3.8, 4) is 0 Å². The smallest absolute Gasteiger partial charge is 0.355 e. The molecule has 0 radical (unpaired) electrons. The quantitative estimate of drug-likeness (QED) is 0.602. The SMILES string of the molecule is CNS(=O)(=O)c1ccc(Nc2ccc(C(F)(F)F)cc2)c(C(=O)NCCF)c1. The molecule has 2 aromatic carbocycles. The second kappa shape index (κ2) is 8.57. The average molecular weight is 419 g/mol. The normalized spacial score (nSPS) is 11.9. The number of carbonyl (C=O) groups excluding carboxylic acids is 1. The third-order valence-corrected chi connectivity index (χ3v) is 5.10. The van der Waals surface area contributed by atoms with Gasteiger partial charge in [-0.05, 0) is 49.5 Å². The van der Waals surface area contributed by atoms with Crippen LogP contribution in [-0.4, -0.2) is 34.6 Å². The van der Waals surface area contributed by atoms with Gasteiger partial charge in [-0.25, -0.2) is 17.5 Å². The standard InChI is InChI=1S/C17H17F4N3O3S/c1-22-28(26,27)13-6-7-15(14(10-13)16(25)23-9-8-18)24-12-4-2-11(3-5-12)17(19,20)21/h2-7,10,22,24H,8-9H2,1H3,(H,23,25). The Balaban J connectivity index is 2.40. The van der Waals surface area contributed by atoms with E-state index in [0.717, 1.165) is 18.2 Å². The zero-order valence-electron chi connectivity index (χ0n) is 14.6. The van der Waals surface area contributed by atoms with E-state index < -0.39 is 34.3 Å². The van der Waals surface area contributed by atoms with Crippen molar-refractivity contribution >= 4 is 27.3 Å². The molecule has 0 atom stereocenters. The molecular weight excluding hydrogens is 402 g/mol. The van der Waals surface area contributed by atoms with Crippen LogP contribution < -0.4 is 15.4 Å². The summed E-state index contributed by atoms with van der Waals surface area (Å²) in [6, 6.07) is 7.69. The van der Waals surface area contributed by atoms with Crippen molar-refractivity contribution in [2.45, 2.75) is 11.1 Å². The van der Waals surface area contributed by atoms with Gasteiger partial charge in [0.25, 0.3) is 5.91 Å². The first kappa shape index (κ1) is 21.6. The molecule has 0 fully saturated rings. The molecule has 0 aliphatic rings. The lowest BCUT2D eigenvalue weighted by Crippen LogP contribution is -2.27. The van der Waals surface area contributed by atoms with Crippen molar-refractivity contribution in [1.29, 1.82) is 0 Å². The molecule has 0 bridgehead atoms. The van der Waals surface area contributed by atoms with Crippen LogP contribution in [0.25, 0.3) is 0 Å². The number of nitrogens with one attached hydrogen (secondary N) is 3. The van der Waals surface area contributed by atoms with E-state index in [1.165, 1.54) is 31.3 Å². The van der Waals surface area contributed by atoms with Gasteiger partial charge in [0, 0.05) is 12.2 Å². The number of hydrogen-bond donors (Lipinski definition) is 3. The van der Waals surface area contributed by atoms with E-state index in [1.807, 2.05) is 0 Å². The van der Waals surface area contributed by atoms with Crippen LogP contribution in [0.15, 0.2) is 47.4 Å². The van der Waals surface area contributed by atoms with E-state index in [1.54, 1.807) is 0 Å². The van der Waals surface area contributed by atoms with Crippen LogP contribution >= 0.6 is 0 Å². The minimum atomic E-state index is -4.49. The van der Waals surface area contributed by atoms with Gasteiger partial charge >= 0.3 is 6.18 Å². The van der Waals surface area contributed by atoms with Crippen molar-refractivity contribution < 1.29 is 30.8 Å². The summed E-state index contributed by atoms with van der Waals surface area (Å²) >= 11 is 0. The first-order chi connectivity index (χ1) is 13.1. The number of halogens is 4. The minimum Gasteiger partial charge on any atom is -0.355 e. The third-order valence-electron chi connectivity index (χ3n) is 3.69. The van der Waals surface area contributed by atoms with Gasteiger partial charge < -0.3 is 10.6 Å². The van der Waals surface area contributed by atoms with Gasteiger partial charge in [-0.3, -0.25) is 4.79 Å².